The highest BCUT2D eigenvalue weighted by Gasteiger charge is 2.53. The SMILES string of the molecule is C=C1CC(=O)OB([C@@H]2O[C@H]2C)OC(=O)C1. The molecule has 0 aliphatic carbocycles. The highest BCUT2D eigenvalue weighted by atomic mass is 16.7. The molecule has 2 aliphatic rings. The van der Waals surface area contributed by atoms with Gasteiger partial charge in [-0.15, -0.1) is 0 Å². The Balaban J connectivity index is 2.03. The largest absolute Gasteiger partial charge is 0.632 e. The van der Waals surface area contributed by atoms with E-state index >= 15 is 0 Å². The van der Waals surface area contributed by atoms with Crippen molar-refractivity contribution in [1.82, 2.24) is 0 Å². The highest BCUT2D eigenvalue weighted by Crippen LogP contribution is 2.27. The molecule has 2 aliphatic heterocycles. The van der Waals surface area contributed by atoms with E-state index in [2.05, 4.69) is 6.58 Å². The molecular weight excluding hydrogens is 199 g/mol. The predicted molar refractivity (Wildman–Crippen MR) is 50.6 cm³/mol. The lowest BCUT2D eigenvalue weighted by Crippen LogP contribution is -2.37. The quantitative estimate of drug-likeness (QED) is 0.352. The fraction of sp³-hybridized carbons (Fsp3) is 0.556. The van der Waals surface area contributed by atoms with Crippen LogP contribution >= 0.6 is 0 Å². The fourth-order valence-electron chi connectivity index (χ4n) is 1.46. The van der Waals surface area contributed by atoms with E-state index in [1.165, 1.54) is 0 Å². The van der Waals surface area contributed by atoms with Gasteiger partial charge in [-0.3, -0.25) is 9.59 Å². The second-order valence-electron chi connectivity index (χ2n) is 3.76. The van der Waals surface area contributed by atoms with Crippen molar-refractivity contribution >= 4 is 19.1 Å². The Kier molecular flexibility index (Phi) is 2.52. The molecule has 80 valence electrons. The molecule has 15 heavy (non-hydrogen) atoms. The number of carbonyl (C=O) groups is 2. The third-order valence-electron chi connectivity index (χ3n) is 2.31. The molecule has 0 unspecified atom stereocenters. The van der Waals surface area contributed by atoms with Crippen LogP contribution in [-0.2, 0) is 23.6 Å². The van der Waals surface area contributed by atoms with Crippen molar-refractivity contribution in [3.05, 3.63) is 12.2 Å². The average molecular weight is 210 g/mol. The smallest absolute Gasteiger partial charge is 0.497 e. The molecule has 5 nitrogen and oxygen atoms in total. The van der Waals surface area contributed by atoms with Gasteiger partial charge in [0.25, 0.3) is 11.9 Å². The van der Waals surface area contributed by atoms with Crippen LogP contribution in [0.5, 0.6) is 0 Å². The van der Waals surface area contributed by atoms with Crippen molar-refractivity contribution in [1.29, 1.82) is 0 Å². The third-order valence-corrected chi connectivity index (χ3v) is 2.31. The second kappa shape index (κ2) is 3.69. The van der Waals surface area contributed by atoms with Crippen molar-refractivity contribution in [2.24, 2.45) is 0 Å². The van der Waals surface area contributed by atoms with Crippen LogP contribution in [0.4, 0.5) is 0 Å². The predicted octanol–water partition coefficient (Wildman–Crippen LogP) is 0.237. The van der Waals surface area contributed by atoms with Gasteiger partial charge in [-0.1, -0.05) is 12.2 Å². The average Bonchev–Trinajstić information content (AvgIpc) is 2.78. The minimum Gasteiger partial charge on any atom is -0.497 e. The Morgan fingerprint density at radius 2 is 1.73 bits per heavy atom. The Morgan fingerprint density at radius 1 is 1.27 bits per heavy atom. The van der Waals surface area contributed by atoms with Gasteiger partial charge < -0.3 is 14.0 Å². The topological polar surface area (TPSA) is 65.1 Å². The lowest BCUT2D eigenvalue weighted by atomic mass is 9.81. The van der Waals surface area contributed by atoms with E-state index in [-0.39, 0.29) is 24.9 Å². The van der Waals surface area contributed by atoms with E-state index in [1.807, 2.05) is 6.92 Å². The van der Waals surface area contributed by atoms with Crippen molar-refractivity contribution in [3.8, 4) is 0 Å². The summed E-state index contributed by atoms with van der Waals surface area (Å²) >= 11 is 0. The molecule has 0 N–H and O–H groups in total. The van der Waals surface area contributed by atoms with Crippen LogP contribution < -0.4 is 0 Å². The number of rotatable bonds is 1. The van der Waals surface area contributed by atoms with Crippen LogP contribution in [0.25, 0.3) is 0 Å². The van der Waals surface area contributed by atoms with Gasteiger partial charge in [0.05, 0.1) is 18.9 Å². The molecule has 0 aromatic carbocycles. The molecule has 2 rings (SSSR count). The maximum Gasteiger partial charge on any atom is 0.632 e. The molecular formula is C9H11BO5. The van der Waals surface area contributed by atoms with Crippen molar-refractivity contribution < 1.29 is 23.6 Å². The number of hydrogen-bond acceptors (Lipinski definition) is 5. The summed E-state index contributed by atoms with van der Waals surface area (Å²) in [6.45, 7) is 5.41. The molecule has 2 fully saturated rings. The number of ether oxygens (including phenoxy) is 1. The first-order chi connectivity index (χ1) is 7.06. The highest BCUT2D eigenvalue weighted by molar-refractivity contribution is 6.51. The summed E-state index contributed by atoms with van der Waals surface area (Å²) in [4.78, 5) is 22.5. The van der Waals surface area contributed by atoms with Gasteiger partial charge in [0.15, 0.2) is 0 Å². The molecule has 0 aromatic heterocycles. The van der Waals surface area contributed by atoms with Crippen LogP contribution in [0, 0.1) is 0 Å². The van der Waals surface area contributed by atoms with Crippen LogP contribution in [0.1, 0.15) is 19.8 Å². The summed E-state index contributed by atoms with van der Waals surface area (Å²) in [5.74, 6) is -0.861. The Labute approximate surface area is 87.5 Å². The van der Waals surface area contributed by atoms with E-state index < -0.39 is 19.1 Å². The van der Waals surface area contributed by atoms with Gasteiger partial charge in [-0.05, 0) is 6.92 Å². The fourth-order valence-corrected chi connectivity index (χ4v) is 1.46. The monoisotopic (exact) mass is 210 g/mol. The van der Waals surface area contributed by atoms with Crippen LogP contribution in [0.2, 0.25) is 0 Å². The Morgan fingerprint density at radius 3 is 2.13 bits per heavy atom. The maximum atomic E-state index is 11.3. The molecule has 0 radical (unpaired) electrons. The molecule has 0 aromatic rings. The first-order valence-corrected chi connectivity index (χ1v) is 4.77. The van der Waals surface area contributed by atoms with E-state index in [0.717, 1.165) is 0 Å². The number of epoxide rings is 1. The van der Waals surface area contributed by atoms with Crippen molar-refractivity contribution in [2.75, 3.05) is 0 Å². The Bertz CT molecular complexity index is 304. The van der Waals surface area contributed by atoms with E-state index in [9.17, 15) is 9.59 Å². The van der Waals surface area contributed by atoms with Crippen LogP contribution in [-0.4, -0.2) is 31.2 Å². The van der Waals surface area contributed by atoms with E-state index in [4.69, 9.17) is 14.0 Å². The molecule has 0 saturated carbocycles. The third kappa shape index (κ3) is 2.39. The molecule has 0 bridgehead atoms. The van der Waals surface area contributed by atoms with Gasteiger partial charge in [0.1, 0.15) is 6.00 Å². The first-order valence-electron chi connectivity index (χ1n) is 4.77. The minimum atomic E-state index is -0.895. The normalized spacial score (nSPS) is 31.5. The lowest BCUT2D eigenvalue weighted by molar-refractivity contribution is -0.141. The van der Waals surface area contributed by atoms with Gasteiger partial charge in [-0.2, -0.15) is 0 Å². The summed E-state index contributed by atoms with van der Waals surface area (Å²) in [6, 6.07) is -0.315. The molecule has 0 amide bonds. The van der Waals surface area contributed by atoms with Crippen LogP contribution in [0.15, 0.2) is 12.2 Å². The van der Waals surface area contributed by atoms with Crippen molar-refractivity contribution in [3.63, 3.8) is 0 Å². The van der Waals surface area contributed by atoms with Gasteiger partial charge in [0, 0.05) is 0 Å². The van der Waals surface area contributed by atoms with Gasteiger partial charge >= 0.3 is 7.12 Å². The van der Waals surface area contributed by atoms with Crippen molar-refractivity contribution in [2.45, 2.75) is 31.9 Å². The van der Waals surface area contributed by atoms with Gasteiger partial charge in [0.2, 0.25) is 0 Å². The van der Waals surface area contributed by atoms with E-state index in [1.54, 1.807) is 0 Å². The molecule has 2 saturated heterocycles. The number of hydrogen-bond donors (Lipinski definition) is 0. The summed E-state index contributed by atoms with van der Waals surface area (Å²) in [6.07, 6.45) is 0.0950. The maximum absolute atomic E-state index is 11.3. The molecule has 2 atom stereocenters. The molecule has 6 heteroatoms. The summed E-state index contributed by atoms with van der Waals surface area (Å²) in [5, 5.41) is 0. The zero-order chi connectivity index (χ0) is 11.0. The number of carbonyl (C=O) groups excluding carboxylic acids is 2. The summed E-state index contributed by atoms with van der Waals surface area (Å²) in [5.41, 5.74) is 0.508. The zero-order valence-electron chi connectivity index (χ0n) is 8.39. The van der Waals surface area contributed by atoms with Gasteiger partial charge in [-0.25, -0.2) is 0 Å². The first kappa shape index (κ1) is 10.2. The lowest BCUT2D eigenvalue weighted by Gasteiger charge is -2.16. The van der Waals surface area contributed by atoms with Crippen LogP contribution in [0.3, 0.4) is 0 Å². The Hall–Kier alpha value is -1.30. The standard InChI is InChI=1S/C9H11BO5/c1-5-3-7(11)14-10(9-6(2)13-9)15-8(12)4-5/h6,9H,1,3-4H2,2H3/t6-,9+/m0/s1. The summed E-state index contributed by atoms with van der Waals surface area (Å²) < 4.78 is 15.0. The second-order valence-corrected chi connectivity index (χ2v) is 3.76. The van der Waals surface area contributed by atoms with E-state index in [0.29, 0.717) is 5.57 Å². The molecule has 0 spiro atoms. The summed E-state index contributed by atoms with van der Waals surface area (Å²) in [7, 11) is -0.895. The minimum absolute atomic E-state index is 0.0294. The molecule has 2 heterocycles. The zero-order valence-corrected chi connectivity index (χ0v) is 8.39.